The van der Waals surface area contributed by atoms with Gasteiger partial charge in [-0.3, -0.25) is 9.59 Å². The van der Waals surface area contributed by atoms with Crippen LogP contribution in [0.5, 0.6) is 23.0 Å². The van der Waals surface area contributed by atoms with E-state index in [1.165, 1.54) is 27.4 Å². The van der Waals surface area contributed by atoms with Crippen molar-refractivity contribution in [2.75, 3.05) is 64.4 Å². The van der Waals surface area contributed by atoms with Gasteiger partial charge in [-0.15, -0.1) is 0 Å². The minimum absolute atomic E-state index is 0.121. The van der Waals surface area contributed by atoms with Gasteiger partial charge >= 0.3 is 6.18 Å². The van der Waals surface area contributed by atoms with Crippen molar-refractivity contribution in [2.24, 2.45) is 5.92 Å². The summed E-state index contributed by atoms with van der Waals surface area (Å²) < 4.78 is 61.9. The number of ether oxygens (including phenoxy) is 4. The average molecular weight is 628 g/mol. The molecule has 2 aliphatic rings. The standard InChI is InChI=1S/C33H36F3N3O6/c1-42-25-10-8-21(9-11-25)30-26(12-13-29(40)39(30)24-19-27(43-2)31(45-4)28(20-24)44-3)32(41)38-16-14-37(15-17-38)23-7-5-6-22(18-23)33(34,35)36/h5-11,18-20,26,30H,12-17H2,1-4H3/t26-,30+/m1/s1. The normalized spacial score (nSPS) is 18.9. The Morgan fingerprint density at radius 2 is 1.44 bits per heavy atom. The molecule has 2 heterocycles. The zero-order valence-corrected chi connectivity index (χ0v) is 25.6. The van der Waals surface area contributed by atoms with Gasteiger partial charge in [0.15, 0.2) is 11.5 Å². The lowest BCUT2D eigenvalue weighted by Crippen LogP contribution is -2.54. The van der Waals surface area contributed by atoms with Gasteiger partial charge in [-0.1, -0.05) is 18.2 Å². The zero-order chi connectivity index (χ0) is 32.3. The van der Waals surface area contributed by atoms with Gasteiger partial charge in [-0.25, -0.2) is 0 Å². The maximum atomic E-state index is 14.2. The number of halogens is 3. The predicted octanol–water partition coefficient (Wildman–Crippen LogP) is 5.57. The van der Waals surface area contributed by atoms with E-state index < -0.39 is 23.7 Å². The van der Waals surface area contributed by atoms with Crippen molar-refractivity contribution in [1.82, 2.24) is 4.90 Å². The summed E-state index contributed by atoms with van der Waals surface area (Å²) in [6, 6.07) is 15.2. The van der Waals surface area contributed by atoms with Crippen molar-refractivity contribution in [1.29, 1.82) is 0 Å². The van der Waals surface area contributed by atoms with E-state index in [-0.39, 0.29) is 18.2 Å². The van der Waals surface area contributed by atoms with Crippen molar-refractivity contribution in [2.45, 2.75) is 25.1 Å². The van der Waals surface area contributed by atoms with Gasteiger partial charge in [0, 0.05) is 50.4 Å². The minimum Gasteiger partial charge on any atom is -0.497 e. The third-order valence-corrected chi connectivity index (χ3v) is 8.43. The fraction of sp³-hybridized carbons (Fsp3) is 0.394. The summed E-state index contributed by atoms with van der Waals surface area (Å²) in [5, 5.41) is 0. The summed E-state index contributed by atoms with van der Waals surface area (Å²) in [5.41, 5.74) is 0.991. The maximum Gasteiger partial charge on any atom is 0.416 e. The molecular formula is C33H36F3N3O6. The number of anilines is 2. The number of carbonyl (C=O) groups excluding carboxylic acids is 2. The van der Waals surface area contributed by atoms with Crippen LogP contribution in [0.3, 0.4) is 0 Å². The molecule has 3 aromatic rings. The molecule has 9 nitrogen and oxygen atoms in total. The molecule has 2 atom stereocenters. The van der Waals surface area contributed by atoms with Gasteiger partial charge < -0.3 is 33.6 Å². The van der Waals surface area contributed by atoms with E-state index in [9.17, 15) is 22.8 Å². The van der Waals surface area contributed by atoms with Crippen LogP contribution in [-0.4, -0.2) is 71.3 Å². The van der Waals surface area contributed by atoms with Crippen molar-refractivity contribution in [3.8, 4) is 23.0 Å². The van der Waals surface area contributed by atoms with Crippen LogP contribution in [0.15, 0.2) is 60.7 Å². The quantitative estimate of drug-likeness (QED) is 0.323. The Balaban J connectivity index is 1.46. The number of carbonyl (C=O) groups is 2. The number of methoxy groups -OCH3 is 4. The number of hydrogen-bond donors (Lipinski definition) is 0. The van der Waals surface area contributed by atoms with Gasteiger partial charge in [0.2, 0.25) is 17.6 Å². The number of hydrogen-bond acceptors (Lipinski definition) is 7. The lowest BCUT2D eigenvalue weighted by atomic mass is 9.82. The first-order valence-corrected chi connectivity index (χ1v) is 14.6. The molecule has 2 aliphatic heterocycles. The van der Waals surface area contributed by atoms with Gasteiger partial charge in [0.1, 0.15) is 5.75 Å². The van der Waals surface area contributed by atoms with Gasteiger partial charge in [-0.2, -0.15) is 13.2 Å². The number of nitrogens with zero attached hydrogens (tertiary/aromatic N) is 3. The number of piperazine rings is 1. The molecular weight excluding hydrogens is 591 g/mol. The van der Waals surface area contributed by atoms with Crippen LogP contribution in [0.1, 0.15) is 30.0 Å². The number of piperidine rings is 1. The Morgan fingerprint density at radius 3 is 2.00 bits per heavy atom. The van der Waals surface area contributed by atoms with E-state index in [0.717, 1.165) is 17.7 Å². The SMILES string of the molecule is COc1ccc([C@H]2[C@H](C(=O)N3CCN(c4cccc(C(F)(F)F)c4)CC3)CCC(=O)N2c2cc(OC)c(OC)c(OC)c2)cc1. The number of benzene rings is 3. The highest BCUT2D eigenvalue weighted by Gasteiger charge is 2.44. The molecule has 2 fully saturated rings. The smallest absolute Gasteiger partial charge is 0.416 e. The summed E-state index contributed by atoms with van der Waals surface area (Å²) in [7, 11) is 6.04. The lowest BCUT2D eigenvalue weighted by Gasteiger charge is -2.44. The second-order valence-electron chi connectivity index (χ2n) is 10.9. The van der Waals surface area contributed by atoms with E-state index in [2.05, 4.69) is 0 Å². The fourth-order valence-electron chi connectivity index (χ4n) is 6.14. The Kier molecular flexibility index (Phi) is 9.31. The molecule has 0 radical (unpaired) electrons. The molecule has 0 aliphatic carbocycles. The molecule has 0 bridgehead atoms. The first-order chi connectivity index (χ1) is 21.6. The third kappa shape index (κ3) is 6.45. The molecule has 5 rings (SSSR count). The molecule has 2 saturated heterocycles. The topological polar surface area (TPSA) is 80.8 Å². The highest BCUT2D eigenvalue weighted by atomic mass is 19.4. The minimum atomic E-state index is -4.44. The van der Waals surface area contributed by atoms with Crippen LogP contribution in [-0.2, 0) is 15.8 Å². The molecule has 45 heavy (non-hydrogen) atoms. The first kappa shape index (κ1) is 31.8. The Morgan fingerprint density at radius 1 is 0.800 bits per heavy atom. The molecule has 0 N–H and O–H groups in total. The van der Waals surface area contributed by atoms with E-state index in [0.29, 0.717) is 67.0 Å². The van der Waals surface area contributed by atoms with Crippen molar-refractivity contribution >= 4 is 23.2 Å². The molecule has 0 aromatic heterocycles. The van der Waals surface area contributed by atoms with Crippen LogP contribution in [0, 0.1) is 5.92 Å². The van der Waals surface area contributed by atoms with Gasteiger partial charge in [-0.05, 0) is 42.3 Å². The highest BCUT2D eigenvalue weighted by Crippen LogP contribution is 2.47. The summed E-state index contributed by atoms with van der Waals surface area (Å²) in [6.45, 7) is 1.42. The van der Waals surface area contributed by atoms with Crippen LogP contribution in [0.4, 0.5) is 24.5 Å². The van der Waals surface area contributed by atoms with Gasteiger partial charge in [0.05, 0.1) is 51.6 Å². The van der Waals surface area contributed by atoms with E-state index in [4.69, 9.17) is 18.9 Å². The predicted molar refractivity (Wildman–Crippen MR) is 162 cm³/mol. The molecule has 0 spiro atoms. The average Bonchev–Trinajstić information content (AvgIpc) is 3.06. The summed E-state index contributed by atoms with van der Waals surface area (Å²) in [4.78, 5) is 33.1. The molecule has 12 heteroatoms. The second kappa shape index (κ2) is 13.2. The molecule has 0 unspecified atom stereocenters. The zero-order valence-electron chi connectivity index (χ0n) is 25.6. The van der Waals surface area contributed by atoms with Crippen LogP contribution in [0.25, 0.3) is 0 Å². The number of rotatable bonds is 8. The van der Waals surface area contributed by atoms with Gasteiger partial charge in [0.25, 0.3) is 0 Å². The Hall–Kier alpha value is -4.61. The lowest BCUT2D eigenvalue weighted by molar-refractivity contribution is -0.139. The van der Waals surface area contributed by atoms with Crippen LogP contribution >= 0.6 is 0 Å². The first-order valence-electron chi connectivity index (χ1n) is 14.6. The highest BCUT2D eigenvalue weighted by molar-refractivity contribution is 5.98. The largest absolute Gasteiger partial charge is 0.497 e. The number of alkyl halides is 3. The summed E-state index contributed by atoms with van der Waals surface area (Å²) >= 11 is 0. The summed E-state index contributed by atoms with van der Waals surface area (Å²) in [5.74, 6) is 0.872. The van der Waals surface area contributed by atoms with Crippen LogP contribution < -0.4 is 28.7 Å². The van der Waals surface area contributed by atoms with Crippen molar-refractivity contribution in [3.05, 3.63) is 71.8 Å². The number of amides is 2. The van der Waals surface area contributed by atoms with E-state index in [1.54, 1.807) is 47.2 Å². The van der Waals surface area contributed by atoms with E-state index >= 15 is 0 Å². The van der Waals surface area contributed by atoms with E-state index in [1.807, 2.05) is 17.0 Å². The van der Waals surface area contributed by atoms with Crippen molar-refractivity contribution < 1.29 is 41.7 Å². The monoisotopic (exact) mass is 627 g/mol. The Labute approximate surface area is 260 Å². The van der Waals surface area contributed by atoms with Crippen molar-refractivity contribution in [3.63, 3.8) is 0 Å². The molecule has 240 valence electrons. The fourth-order valence-corrected chi connectivity index (χ4v) is 6.14. The summed E-state index contributed by atoms with van der Waals surface area (Å²) in [6.07, 6.45) is -3.96. The molecule has 3 aromatic carbocycles. The maximum absolute atomic E-state index is 14.2. The third-order valence-electron chi connectivity index (χ3n) is 8.43. The Bertz CT molecular complexity index is 1500. The second-order valence-corrected chi connectivity index (χ2v) is 10.9. The molecule has 0 saturated carbocycles. The van der Waals surface area contributed by atoms with Crippen LogP contribution in [0.2, 0.25) is 0 Å². The molecule has 2 amide bonds.